The van der Waals surface area contributed by atoms with Gasteiger partial charge in [-0.3, -0.25) is 0 Å². The molecule has 0 spiro atoms. The Morgan fingerprint density at radius 1 is 1.29 bits per heavy atom. The molecule has 1 fully saturated rings. The molecule has 1 aliphatic carbocycles. The lowest BCUT2D eigenvalue weighted by molar-refractivity contribution is 0.0927. The molecule has 2 rings (SSSR count). The van der Waals surface area contributed by atoms with Crippen molar-refractivity contribution in [2.75, 3.05) is 0 Å². The van der Waals surface area contributed by atoms with Crippen LogP contribution in [0.5, 0.6) is 0 Å². The molecule has 0 heterocycles. The Morgan fingerprint density at radius 3 is 2.54 bits per heavy atom. The van der Waals surface area contributed by atoms with E-state index in [2.05, 4.69) is 10.6 Å². The first-order valence-corrected chi connectivity index (χ1v) is 8.20. The fraction of sp³-hybridized carbons (Fsp3) is 0.556. The molecular formula is C18H26N2O4. The van der Waals surface area contributed by atoms with E-state index >= 15 is 0 Å². The number of hydrogen-bond acceptors (Lipinski definition) is 3. The smallest absolute Gasteiger partial charge is 0.407 e. The summed E-state index contributed by atoms with van der Waals surface area (Å²) in [6, 6.07) is 9.34. The summed E-state index contributed by atoms with van der Waals surface area (Å²) in [6.07, 6.45) is 0.467. The van der Waals surface area contributed by atoms with Crippen molar-refractivity contribution in [2.45, 2.75) is 58.2 Å². The van der Waals surface area contributed by atoms with E-state index in [1.54, 1.807) is 0 Å². The quantitative estimate of drug-likeness (QED) is 0.786. The second-order valence-electron chi connectivity index (χ2n) is 7.41. The van der Waals surface area contributed by atoms with Crippen LogP contribution >= 0.6 is 0 Å². The molecule has 0 radical (unpaired) electrons. The third-order valence-electron chi connectivity index (χ3n) is 4.83. The van der Waals surface area contributed by atoms with E-state index < -0.39 is 17.7 Å². The predicted octanol–water partition coefficient (Wildman–Crippen LogP) is 3.52. The lowest BCUT2D eigenvalue weighted by Gasteiger charge is -2.42. The summed E-state index contributed by atoms with van der Waals surface area (Å²) >= 11 is 0. The fourth-order valence-corrected chi connectivity index (χ4v) is 3.28. The van der Waals surface area contributed by atoms with Crippen LogP contribution in [0, 0.1) is 5.41 Å². The number of alkyl carbamates (subject to hydrolysis) is 1. The minimum Gasteiger partial charge on any atom is -0.465 e. The van der Waals surface area contributed by atoms with Gasteiger partial charge < -0.3 is 20.5 Å². The summed E-state index contributed by atoms with van der Waals surface area (Å²) in [5.74, 6) is 0. The summed E-state index contributed by atoms with van der Waals surface area (Å²) in [4.78, 5) is 23.2. The zero-order valence-electron chi connectivity index (χ0n) is 14.5. The predicted molar refractivity (Wildman–Crippen MR) is 90.7 cm³/mol. The lowest BCUT2D eigenvalue weighted by atomic mass is 9.72. The largest absolute Gasteiger partial charge is 0.465 e. The number of nitrogens with one attached hydrogen (secondary N) is 2. The Bertz CT molecular complexity index is 582. The summed E-state index contributed by atoms with van der Waals surface area (Å²) in [5.41, 5.74) is 0.219. The van der Waals surface area contributed by atoms with Crippen LogP contribution in [0.2, 0.25) is 0 Å². The van der Waals surface area contributed by atoms with Crippen LogP contribution in [0.3, 0.4) is 0 Å². The van der Waals surface area contributed by atoms with Crippen LogP contribution in [-0.2, 0) is 11.3 Å². The highest BCUT2D eigenvalue weighted by atomic mass is 16.5. The van der Waals surface area contributed by atoms with E-state index in [4.69, 9.17) is 9.84 Å². The van der Waals surface area contributed by atoms with Crippen LogP contribution in [0.4, 0.5) is 9.59 Å². The van der Waals surface area contributed by atoms with E-state index in [1.807, 2.05) is 51.1 Å². The van der Waals surface area contributed by atoms with E-state index in [0.717, 1.165) is 5.56 Å². The van der Waals surface area contributed by atoms with Gasteiger partial charge in [-0.15, -0.1) is 0 Å². The standard InChI is InChI=1S/C18H26N2O4/c1-17(2,3)18(10-9-14(11-18)19-15(21)22)20-16(23)24-12-13-7-5-4-6-8-13/h4-8,14,19H,9-12H2,1-3H3,(H,20,23)(H,21,22)/t14-,18+/m0/s1. The minimum atomic E-state index is -1.03. The number of rotatable bonds is 4. The fourth-order valence-electron chi connectivity index (χ4n) is 3.28. The summed E-state index contributed by atoms with van der Waals surface area (Å²) < 4.78 is 5.34. The highest BCUT2D eigenvalue weighted by molar-refractivity contribution is 5.69. The van der Waals surface area contributed by atoms with Gasteiger partial charge in [0, 0.05) is 6.04 Å². The maximum atomic E-state index is 12.3. The summed E-state index contributed by atoms with van der Waals surface area (Å²) in [5, 5.41) is 14.5. The topological polar surface area (TPSA) is 87.7 Å². The second-order valence-corrected chi connectivity index (χ2v) is 7.41. The molecule has 2 amide bonds. The molecule has 0 saturated heterocycles. The van der Waals surface area contributed by atoms with Gasteiger partial charge in [-0.1, -0.05) is 51.1 Å². The molecule has 6 nitrogen and oxygen atoms in total. The third kappa shape index (κ3) is 4.40. The average molecular weight is 334 g/mol. The first kappa shape index (κ1) is 18.1. The highest BCUT2D eigenvalue weighted by Crippen LogP contribution is 2.43. The number of benzene rings is 1. The molecule has 1 aromatic carbocycles. The molecule has 24 heavy (non-hydrogen) atoms. The van der Waals surface area contributed by atoms with E-state index in [0.29, 0.717) is 19.3 Å². The van der Waals surface area contributed by atoms with Gasteiger partial charge in [-0.05, 0) is 30.2 Å². The van der Waals surface area contributed by atoms with Gasteiger partial charge in [-0.25, -0.2) is 9.59 Å². The normalized spacial score (nSPS) is 23.5. The molecule has 2 atom stereocenters. The Kier molecular flexibility index (Phi) is 5.36. The SMILES string of the molecule is CC(C)(C)[C@@]1(NC(=O)OCc2ccccc2)CC[C@H](NC(=O)O)C1. The second kappa shape index (κ2) is 7.11. The first-order valence-electron chi connectivity index (χ1n) is 8.20. The molecule has 0 bridgehead atoms. The van der Waals surface area contributed by atoms with Crippen molar-refractivity contribution in [1.82, 2.24) is 10.6 Å². The van der Waals surface area contributed by atoms with Crippen molar-refractivity contribution in [3.05, 3.63) is 35.9 Å². The Labute approximate surface area is 142 Å². The first-order chi connectivity index (χ1) is 11.2. The van der Waals surface area contributed by atoms with Crippen molar-refractivity contribution >= 4 is 12.2 Å². The van der Waals surface area contributed by atoms with Crippen molar-refractivity contribution in [3.63, 3.8) is 0 Å². The van der Waals surface area contributed by atoms with Gasteiger partial charge in [-0.2, -0.15) is 0 Å². The van der Waals surface area contributed by atoms with Crippen molar-refractivity contribution in [3.8, 4) is 0 Å². The number of carboxylic acid groups (broad SMARTS) is 1. The third-order valence-corrected chi connectivity index (χ3v) is 4.83. The van der Waals surface area contributed by atoms with Crippen molar-refractivity contribution in [2.24, 2.45) is 5.41 Å². The van der Waals surface area contributed by atoms with Crippen LogP contribution < -0.4 is 10.6 Å². The molecule has 1 saturated carbocycles. The maximum Gasteiger partial charge on any atom is 0.407 e. The monoisotopic (exact) mass is 334 g/mol. The molecular weight excluding hydrogens is 308 g/mol. The Balaban J connectivity index is 1.99. The van der Waals surface area contributed by atoms with Crippen molar-refractivity contribution in [1.29, 1.82) is 0 Å². The molecule has 132 valence electrons. The molecule has 6 heteroatoms. The number of ether oxygens (including phenoxy) is 1. The summed E-state index contributed by atoms with van der Waals surface area (Å²) in [7, 11) is 0. The van der Waals surface area contributed by atoms with E-state index in [1.165, 1.54) is 0 Å². The van der Waals surface area contributed by atoms with Gasteiger partial charge in [0.2, 0.25) is 0 Å². The number of amides is 2. The molecule has 0 unspecified atom stereocenters. The number of hydrogen-bond donors (Lipinski definition) is 3. The molecule has 0 aromatic heterocycles. The average Bonchev–Trinajstić information content (AvgIpc) is 2.89. The highest BCUT2D eigenvalue weighted by Gasteiger charge is 2.49. The molecule has 0 aliphatic heterocycles. The van der Waals surface area contributed by atoms with Crippen LogP contribution in [-0.4, -0.2) is 28.9 Å². The Hall–Kier alpha value is -2.24. The number of carbonyl (C=O) groups is 2. The molecule has 1 aliphatic rings. The van der Waals surface area contributed by atoms with Crippen LogP contribution in [0.25, 0.3) is 0 Å². The van der Waals surface area contributed by atoms with Gasteiger partial charge in [0.05, 0.1) is 5.54 Å². The zero-order valence-corrected chi connectivity index (χ0v) is 14.5. The Morgan fingerprint density at radius 2 is 1.96 bits per heavy atom. The molecule has 3 N–H and O–H groups in total. The zero-order chi connectivity index (χ0) is 17.8. The van der Waals surface area contributed by atoms with E-state index in [-0.39, 0.29) is 18.1 Å². The molecule has 1 aromatic rings. The summed E-state index contributed by atoms with van der Waals surface area (Å²) in [6.45, 7) is 6.36. The maximum absolute atomic E-state index is 12.3. The van der Waals surface area contributed by atoms with Crippen LogP contribution in [0.15, 0.2) is 30.3 Å². The van der Waals surface area contributed by atoms with E-state index in [9.17, 15) is 9.59 Å². The van der Waals surface area contributed by atoms with Crippen LogP contribution in [0.1, 0.15) is 45.6 Å². The lowest BCUT2D eigenvalue weighted by Crippen LogP contribution is -2.56. The van der Waals surface area contributed by atoms with Gasteiger partial charge >= 0.3 is 12.2 Å². The number of carbonyl (C=O) groups excluding carboxylic acids is 1. The van der Waals surface area contributed by atoms with Crippen molar-refractivity contribution < 1.29 is 19.4 Å². The van der Waals surface area contributed by atoms with Gasteiger partial charge in [0.25, 0.3) is 0 Å². The van der Waals surface area contributed by atoms with Gasteiger partial charge in [0.15, 0.2) is 0 Å². The van der Waals surface area contributed by atoms with Gasteiger partial charge in [0.1, 0.15) is 6.61 Å². The minimum absolute atomic E-state index is 0.156.